The summed E-state index contributed by atoms with van der Waals surface area (Å²) in [6.07, 6.45) is -2.19. The van der Waals surface area contributed by atoms with Gasteiger partial charge >= 0.3 is 6.18 Å². The van der Waals surface area contributed by atoms with E-state index >= 15 is 0 Å². The van der Waals surface area contributed by atoms with Crippen LogP contribution in [-0.4, -0.2) is 25.9 Å². The second-order valence-corrected chi connectivity index (χ2v) is 6.15. The first-order chi connectivity index (χ1) is 8.10. The number of thiocarbonyl (C=S) groups is 1. The Balaban J connectivity index is 3.04. The minimum atomic E-state index is -4.50. The molecule has 1 rings (SSSR count). The second kappa shape index (κ2) is 5.11. The molecule has 18 heavy (non-hydrogen) atoms. The van der Waals surface area contributed by atoms with Crippen molar-refractivity contribution in [3.8, 4) is 0 Å². The number of nitrogens with zero attached hydrogens (tertiary/aromatic N) is 1. The summed E-state index contributed by atoms with van der Waals surface area (Å²) in [6, 6.07) is 1.97. The van der Waals surface area contributed by atoms with Gasteiger partial charge in [0.2, 0.25) is 0 Å². The van der Waals surface area contributed by atoms with E-state index in [0.29, 0.717) is 0 Å². The van der Waals surface area contributed by atoms with E-state index in [1.807, 2.05) is 0 Å². The van der Waals surface area contributed by atoms with Gasteiger partial charge in [0.05, 0.1) is 9.71 Å². The highest BCUT2D eigenvalue weighted by atomic mass is 32.2. The van der Waals surface area contributed by atoms with Crippen LogP contribution in [0.25, 0.3) is 0 Å². The van der Waals surface area contributed by atoms with Crippen LogP contribution in [0.5, 0.6) is 0 Å². The van der Waals surface area contributed by atoms with Crippen molar-refractivity contribution in [2.24, 2.45) is 5.73 Å². The largest absolute Gasteiger partial charge is 0.433 e. The fourth-order valence-electron chi connectivity index (χ4n) is 1.13. The van der Waals surface area contributed by atoms with E-state index < -0.39 is 21.6 Å². The molecule has 100 valence electrons. The highest BCUT2D eigenvalue weighted by Gasteiger charge is 2.31. The third-order valence-electron chi connectivity index (χ3n) is 1.74. The van der Waals surface area contributed by atoms with E-state index in [2.05, 4.69) is 21.9 Å². The smallest absolute Gasteiger partial charge is 0.376 e. The van der Waals surface area contributed by atoms with E-state index in [4.69, 9.17) is 5.73 Å². The third kappa shape index (κ3) is 4.49. The molecule has 0 radical (unpaired) electrons. The van der Waals surface area contributed by atoms with Gasteiger partial charge in [0, 0.05) is 23.4 Å². The van der Waals surface area contributed by atoms with Gasteiger partial charge in [-0.3, -0.25) is 9.71 Å². The molecule has 3 N–H and O–H groups in total. The predicted molar refractivity (Wildman–Crippen MR) is 68.4 cm³/mol. The van der Waals surface area contributed by atoms with E-state index in [9.17, 15) is 17.4 Å². The molecule has 4 nitrogen and oxygen atoms in total. The van der Waals surface area contributed by atoms with Crippen molar-refractivity contribution in [2.75, 3.05) is 6.26 Å². The number of pyridine rings is 1. The van der Waals surface area contributed by atoms with Crippen LogP contribution in [0.15, 0.2) is 18.3 Å². The quantitative estimate of drug-likeness (QED) is 0.796. The molecule has 0 aliphatic heterocycles. The van der Waals surface area contributed by atoms with E-state index in [0.717, 1.165) is 12.3 Å². The summed E-state index contributed by atoms with van der Waals surface area (Å²) >= 11 is 4.53. The number of rotatable bonds is 2. The molecular formula is C9H10F3N3OS2. The van der Waals surface area contributed by atoms with Crippen molar-refractivity contribution in [1.82, 2.24) is 9.71 Å². The highest BCUT2D eigenvalue weighted by Crippen LogP contribution is 2.26. The zero-order valence-corrected chi connectivity index (χ0v) is 10.8. The molecule has 0 saturated carbocycles. The van der Waals surface area contributed by atoms with Crippen molar-refractivity contribution in [3.63, 3.8) is 0 Å². The monoisotopic (exact) mass is 297 g/mol. The van der Waals surface area contributed by atoms with Crippen LogP contribution in [0.1, 0.15) is 11.3 Å². The highest BCUT2D eigenvalue weighted by molar-refractivity contribution is 8.00. The average Bonchev–Trinajstić information content (AvgIpc) is 2.13. The maximum absolute atomic E-state index is 12.3. The number of nitrogens with one attached hydrogen (secondary N) is 1. The van der Waals surface area contributed by atoms with Gasteiger partial charge in [0.1, 0.15) is 5.69 Å². The van der Waals surface area contributed by atoms with Crippen LogP contribution in [-0.2, 0) is 15.9 Å². The van der Waals surface area contributed by atoms with Gasteiger partial charge in [0.15, 0.2) is 5.11 Å². The van der Waals surface area contributed by atoms with Gasteiger partial charge in [-0.2, -0.15) is 13.2 Å². The first kappa shape index (κ1) is 14.7. The molecule has 1 heterocycles. The average molecular weight is 297 g/mol. The summed E-state index contributed by atoms with van der Waals surface area (Å²) in [7, 11) is -2.69. The van der Waals surface area contributed by atoms with Gasteiger partial charge in [-0.05, 0) is 18.3 Å². The molecule has 1 aromatic rings. The van der Waals surface area contributed by atoms with Crippen molar-refractivity contribution >= 4 is 32.4 Å². The lowest BCUT2D eigenvalue weighted by atomic mass is 10.3. The first-order valence-electron chi connectivity index (χ1n) is 4.54. The summed E-state index contributed by atoms with van der Waals surface area (Å²) in [5.74, 6) is 0. The minimum Gasteiger partial charge on any atom is -0.376 e. The fraction of sp³-hybridized carbons (Fsp3) is 0.222. The van der Waals surface area contributed by atoms with Crippen LogP contribution in [0.4, 0.5) is 13.2 Å². The maximum Gasteiger partial charge on any atom is 0.433 e. The molecule has 0 saturated heterocycles. The summed E-state index contributed by atoms with van der Waals surface area (Å²) in [4.78, 5) is 3.24. The van der Waals surface area contributed by atoms with E-state index in [-0.39, 0.29) is 10.7 Å². The Morgan fingerprint density at radius 2 is 2.17 bits per heavy atom. The second-order valence-electron chi connectivity index (χ2n) is 3.46. The van der Waals surface area contributed by atoms with Crippen molar-refractivity contribution in [3.05, 3.63) is 29.6 Å². The van der Waals surface area contributed by atoms with Gasteiger partial charge in [0.25, 0.3) is 0 Å². The predicted octanol–water partition coefficient (Wildman–Crippen LogP) is 0.913. The first-order valence-corrected chi connectivity index (χ1v) is 6.98. The zero-order chi connectivity index (χ0) is 14.0. The van der Waals surface area contributed by atoms with Crippen LogP contribution in [0.2, 0.25) is 0 Å². The molecule has 1 atom stereocenters. The van der Waals surface area contributed by atoms with Crippen LogP contribution < -0.4 is 10.5 Å². The van der Waals surface area contributed by atoms with Crippen LogP contribution in [0, 0.1) is 0 Å². The lowest BCUT2D eigenvalue weighted by Crippen LogP contribution is -2.35. The van der Waals surface area contributed by atoms with Gasteiger partial charge in [-0.25, -0.2) is 4.21 Å². The van der Waals surface area contributed by atoms with Crippen molar-refractivity contribution in [1.29, 1.82) is 0 Å². The summed E-state index contributed by atoms with van der Waals surface area (Å²) in [6.45, 7) is 0. The minimum absolute atomic E-state index is 0.154. The Hall–Kier alpha value is -1.35. The van der Waals surface area contributed by atoms with Crippen LogP contribution >= 0.6 is 12.2 Å². The number of hydrogen-bond donors (Lipinski definition) is 2. The normalized spacial score (nSPS) is 14.7. The topological polar surface area (TPSA) is 68.0 Å². The molecule has 0 aliphatic carbocycles. The molecule has 0 fully saturated rings. The lowest BCUT2D eigenvalue weighted by molar-refractivity contribution is -0.141. The fourth-order valence-corrected chi connectivity index (χ4v) is 2.75. The number of nitrogens with two attached hydrogens (primary N) is 1. The summed E-state index contributed by atoms with van der Waals surface area (Å²) in [5, 5.41) is 1.07. The van der Waals surface area contributed by atoms with Crippen LogP contribution in [0.3, 0.4) is 0 Å². The number of halogens is 3. The molecule has 9 heteroatoms. The molecule has 0 amide bonds. The Kier molecular flexibility index (Phi) is 4.17. The number of alkyl halides is 3. The molecular weight excluding hydrogens is 287 g/mol. The lowest BCUT2D eigenvalue weighted by Gasteiger charge is -2.08. The van der Waals surface area contributed by atoms with Crippen molar-refractivity contribution in [2.45, 2.75) is 6.18 Å². The summed E-state index contributed by atoms with van der Waals surface area (Å²) in [5.41, 5.74) is 4.44. The Bertz CT molecular complexity index is 559. The van der Waals surface area contributed by atoms with E-state index in [1.54, 1.807) is 0 Å². The molecule has 0 spiro atoms. The number of hydrogen-bond acceptors (Lipinski definition) is 3. The molecule has 1 unspecified atom stereocenters. The zero-order valence-electron chi connectivity index (χ0n) is 9.19. The third-order valence-corrected chi connectivity index (χ3v) is 3.32. The van der Waals surface area contributed by atoms with Crippen molar-refractivity contribution < 1.29 is 17.4 Å². The summed E-state index contributed by atoms with van der Waals surface area (Å²) < 4.78 is 51.0. The molecule has 0 aliphatic rings. The molecule has 1 aromatic heterocycles. The van der Waals surface area contributed by atoms with Gasteiger partial charge < -0.3 is 5.73 Å². The standard InChI is InChI=1S/C9H10F3N3OS2/c1-18(16,15-8(13)17)5-6-2-3-7(14-4-6)9(10,11)12/h2-5H,1H3,(H3,13,15,16,17). The Morgan fingerprint density at radius 3 is 2.56 bits per heavy atom. The van der Waals surface area contributed by atoms with Gasteiger partial charge in [-0.1, -0.05) is 6.07 Å². The number of aromatic nitrogens is 1. The Morgan fingerprint density at radius 1 is 1.56 bits per heavy atom. The SMILES string of the molecule is CS(=O)(=Cc1ccc(C(F)(F)F)nc1)NC(N)=S. The Labute approximate surface area is 108 Å². The van der Waals surface area contributed by atoms with E-state index in [1.165, 1.54) is 17.7 Å². The molecule has 0 bridgehead atoms. The maximum atomic E-state index is 12.3. The van der Waals surface area contributed by atoms with Gasteiger partial charge in [-0.15, -0.1) is 0 Å². The molecule has 0 aromatic carbocycles.